The number of hydrogen-bond donors (Lipinski definition) is 1. The second kappa shape index (κ2) is 7.76. The summed E-state index contributed by atoms with van der Waals surface area (Å²) in [5.74, 6) is -0.121. The highest BCUT2D eigenvalue weighted by Gasteiger charge is 2.11. The fraction of sp³-hybridized carbons (Fsp3) is 0.235. The van der Waals surface area contributed by atoms with Crippen LogP contribution in [0.15, 0.2) is 51.4 Å². The Kier molecular flexibility index (Phi) is 6.00. The first-order valence-corrected chi connectivity index (χ1v) is 8.54. The van der Waals surface area contributed by atoms with Crippen LogP contribution in [0.5, 0.6) is 0 Å². The largest absolute Gasteiger partial charge is 0.321 e. The molecule has 0 saturated heterocycles. The third kappa shape index (κ3) is 4.42. The predicted molar refractivity (Wildman–Crippen MR) is 94.8 cm³/mol. The topological polar surface area (TPSA) is 29.1 Å². The molecule has 0 radical (unpaired) electrons. The minimum atomic E-state index is -0.121. The lowest BCUT2D eigenvalue weighted by atomic mass is 10.1. The van der Waals surface area contributed by atoms with E-state index in [0.717, 1.165) is 21.1 Å². The van der Waals surface area contributed by atoms with Crippen molar-refractivity contribution in [1.82, 2.24) is 0 Å². The molecule has 0 saturated carbocycles. The van der Waals surface area contributed by atoms with E-state index in [1.54, 1.807) is 6.07 Å². The number of aryl methyl sites for hydroxylation is 1. The van der Waals surface area contributed by atoms with Gasteiger partial charge in [-0.05, 0) is 74.5 Å². The molecule has 0 aliphatic rings. The van der Waals surface area contributed by atoms with E-state index >= 15 is 0 Å². The summed E-state index contributed by atoms with van der Waals surface area (Å²) in [4.78, 5) is 12.3. The Labute approximate surface area is 142 Å². The number of anilines is 1. The lowest BCUT2D eigenvalue weighted by molar-refractivity contribution is 0.102. The number of rotatable bonds is 5. The lowest BCUT2D eigenvalue weighted by Crippen LogP contribution is -2.13. The van der Waals surface area contributed by atoms with Gasteiger partial charge in [-0.15, -0.1) is 0 Å². The minimum absolute atomic E-state index is 0.121. The Hall–Kier alpha value is -1.13. The van der Waals surface area contributed by atoms with Gasteiger partial charge in [-0.2, -0.15) is 0 Å². The number of carbonyl (C=O) groups excluding carboxylic acids is 1. The van der Waals surface area contributed by atoms with Crippen LogP contribution in [-0.2, 0) is 6.42 Å². The summed E-state index contributed by atoms with van der Waals surface area (Å²) >= 11 is 6.93. The molecule has 2 aromatic carbocycles. The van der Waals surface area contributed by atoms with Gasteiger partial charge in [-0.3, -0.25) is 4.79 Å². The second-order valence-corrected chi connectivity index (χ2v) is 6.56. The number of nitrogens with one attached hydrogen (secondary N) is 1. The SMILES string of the molecule is CCCCc1ccc(NC(=O)c2ccccc2Br)c(Br)c1. The molecule has 4 heteroatoms. The number of unbranched alkanes of at least 4 members (excludes halogenated alkanes) is 1. The first kappa shape index (κ1) is 16.2. The Bertz CT molecular complexity index is 640. The number of amides is 1. The van der Waals surface area contributed by atoms with E-state index in [4.69, 9.17) is 0 Å². The highest BCUT2D eigenvalue weighted by atomic mass is 79.9. The summed E-state index contributed by atoms with van der Waals surface area (Å²) in [5, 5.41) is 2.93. The van der Waals surface area contributed by atoms with Crippen molar-refractivity contribution in [3.05, 3.63) is 62.5 Å². The zero-order valence-electron chi connectivity index (χ0n) is 11.8. The number of benzene rings is 2. The van der Waals surface area contributed by atoms with Crippen molar-refractivity contribution in [2.45, 2.75) is 26.2 Å². The molecular formula is C17H17Br2NO. The van der Waals surface area contributed by atoms with Gasteiger partial charge in [-0.25, -0.2) is 0 Å². The Morgan fingerprint density at radius 1 is 1.10 bits per heavy atom. The number of hydrogen-bond acceptors (Lipinski definition) is 1. The van der Waals surface area contributed by atoms with E-state index < -0.39 is 0 Å². The maximum Gasteiger partial charge on any atom is 0.256 e. The Morgan fingerprint density at radius 2 is 1.86 bits per heavy atom. The smallest absolute Gasteiger partial charge is 0.256 e. The predicted octanol–water partition coefficient (Wildman–Crippen LogP) is 5.81. The average molecular weight is 411 g/mol. The molecule has 110 valence electrons. The van der Waals surface area contributed by atoms with Gasteiger partial charge in [0.05, 0.1) is 11.3 Å². The van der Waals surface area contributed by atoms with Crippen LogP contribution in [0, 0.1) is 0 Å². The van der Waals surface area contributed by atoms with Crippen molar-refractivity contribution < 1.29 is 4.79 Å². The molecule has 0 atom stereocenters. The second-order valence-electron chi connectivity index (χ2n) is 4.85. The van der Waals surface area contributed by atoms with Crippen molar-refractivity contribution in [2.24, 2.45) is 0 Å². The maximum absolute atomic E-state index is 12.3. The molecular weight excluding hydrogens is 394 g/mol. The van der Waals surface area contributed by atoms with Crippen molar-refractivity contribution in [1.29, 1.82) is 0 Å². The van der Waals surface area contributed by atoms with Crippen LogP contribution in [0.1, 0.15) is 35.7 Å². The van der Waals surface area contributed by atoms with Crippen LogP contribution in [0.2, 0.25) is 0 Å². The van der Waals surface area contributed by atoms with E-state index in [2.05, 4.69) is 56.2 Å². The molecule has 2 aromatic rings. The van der Waals surface area contributed by atoms with Gasteiger partial charge in [0.2, 0.25) is 0 Å². The third-order valence-electron chi connectivity index (χ3n) is 3.22. The molecule has 0 aliphatic heterocycles. The summed E-state index contributed by atoms with van der Waals surface area (Å²) in [6, 6.07) is 13.5. The summed E-state index contributed by atoms with van der Waals surface area (Å²) < 4.78 is 1.70. The molecule has 0 spiro atoms. The van der Waals surface area contributed by atoms with Crippen LogP contribution in [0.3, 0.4) is 0 Å². The molecule has 0 heterocycles. The molecule has 0 fully saturated rings. The fourth-order valence-electron chi connectivity index (χ4n) is 2.03. The molecule has 0 aliphatic carbocycles. The molecule has 2 nitrogen and oxygen atoms in total. The van der Waals surface area contributed by atoms with E-state index in [9.17, 15) is 4.79 Å². The highest BCUT2D eigenvalue weighted by Crippen LogP contribution is 2.26. The monoisotopic (exact) mass is 409 g/mol. The van der Waals surface area contributed by atoms with Gasteiger partial charge >= 0.3 is 0 Å². The quantitative estimate of drug-likeness (QED) is 0.662. The molecule has 2 rings (SSSR count). The van der Waals surface area contributed by atoms with Gasteiger partial charge in [0.15, 0.2) is 0 Å². The Morgan fingerprint density at radius 3 is 2.52 bits per heavy atom. The normalized spacial score (nSPS) is 10.4. The van der Waals surface area contributed by atoms with Crippen LogP contribution in [0.25, 0.3) is 0 Å². The summed E-state index contributed by atoms with van der Waals surface area (Å²) in [6.07, 6.45) is 3.42. The average Bonchev–Trinajstić information content (AvgIpc) is 2.48. The number of halogens is 2. The minimum Gasteiger partial charge on any atom is -0.321 e. The molecule has 0 bridgehead atoms. The highest BCUT2D eigenvalue weighted by molar-refractivity contribution is 9.11. The molecule has 21 heavy (non-hydrogen) atoms. The zero-order valence-corrected chi connectivity index (χ0v) is 15.0. The van der Waals surface area contributed by atoms with E-state index in [1.165, 1.54) is 18.4 Å². The van der Waals surface area contributed by atoms with Gasteiger partial charge in [-0.1, -0.05) is 31.5 Å². The molecule has 0 unspecified atom stereocenters. The fourth-order valence-corrected chi connectivity index (χ4v) is 3.02. The summed E-state index contributed by atoms with van der Waals surface area (Å²) in [7, 11) is 0. The van der Waals surface area contributed by atoms with Crippen LogP contribution >= 0.6 is 31.9 Å². The summed E-state index contributed by atoms with van der Waals surface area (Å²) in [6.45, 7) is 2.18. The van der Waals surface area contributed by atoms with Crippen molar-refractivity contribution >= 4 is 43.5 Å². The Balaban J connectivity index is 2.13. The maximum atomic E-state index is 12.3. The summed E-state index contributed by atoms with van der Waals surface area (Å²) in [5.41, 5.74) is 2.69. The number of carbonyl (C=O) groups is 1. The first-order chi connectivity index (χ1) is 10.1. The van der Waals surface area contributed by atoms with Crippen LogP contribution in [-0.4, -0.2) is 5.91 Å². The van der Waals surface area contributed by atoms with Gasteiger partial charge < -0.3 is 5.32 Å². The van der Waals surface area contributed by atoms with Crippen LogP contribution < -0.4 is 5.32 Å². The third-order valence-corrected chi connectivity index (χ3v) is 4.57. The van der Waals surface area contributed by atoms with Gasteiger partial charge in [0, 0.05) is 8.95 Å². The lowest BCUT2D eigenvalue weighted by Gasteiger charge is -2.10. The zero-order chi connectivity index (χ0) is 15.2. The van der Waals surface area contributed by atoms with Gasteiger partial charge in [0.25, 0.3) is 5.91 Å². The van der Waals surface area contributed by atoms with Crippen molar-refractivity contribution in [3.63, 3.8) is 0 Å². The molecule has 1 amide bonds. The molecule has 0 aromatic heterocycles. The standard InChI is InChI=1S/C17H17Br2NO/c1-2-3-6-12-9-10-16(15(19)11-12)20-17(21)13-7-4-5-8-14(13)18/h4-5,7-11H,2-3,6H2,1H3,(H,20,21). The van der Waals surface area contributed by atoms with Gasteiger partial charge in [0.1, 0.15) is 0 Å². The van der Waals surface area contributed by atoms with Crippen LogP contribution in [0.4, 0.5) is 5.69 Å². The van der Waals surface area contributed by atoms with E-state index in [0.29, 0.717) is 5.56 Å². The van der Waals surface area contributed by atoms with E-state index in [-0.39, 0.29) is 5.91 Å². The van der Waals surface area contributed by atoms with Crippen molar-refractivity contribution in [3.8, 4) is 0 Å². The molecule has 1 N–H and O–H groups in total. The first-order valence-electron chi connectivity index (χ1n) is 6.96. The van der Waals surface area contributed by atoms with Crippen molar-refractivity contribution in [2.75, 3.05) is 5.32 Å². The van der Waals surface area contributed by atoms with E-state index in [1.807, 2.05) is 24.3 Å².